The van der Waals surface area contributed by atoms with E-state index in [1.165, 1.54) is 38.5 Å². The lowest BCUT2D eigenvalue weighted by Gasteiger charge is -2.04. The van der Waals surface area contributed by atoms with E-state index < -0.39 is 0 Å². The molecule has 2 fully saturated rings. The molecule has 2 atom stereocenters. The molecule has 3 heteroatoms. The fourth-order valence-electron chi connectivity index (χ4n) is 2.83. The Morgan fingerprint density at radius 2 is 1.62 bits per heavy atom. The second kappa shape index (κ2) is 3.66. The molecule has 74 valence electrons. The van der Waals surface area contributed by atoms with Crippen LogP contribution in [0.1, 0.15) is 38.5 Å². The molecule has 0 heterocycles. The molecule has 2 aliphatic rings. The summed E-state index contributed by atoms with van der Waals surface area (Å²) >= 11 is 0. The maximum Gasteiger partial charge on any atom is 0.237 e. The Morgan fingerprint density at radius 1 is 1.08 bits per heavy atom. The lowest BCUT2D eigenvalue weighted by molar-refractivity contribution is -0.123. The Morgan fingerprint density at radius 3 is 2.08 bits per heavy atom. The maximum atomic E-state index is 11.3. The molecule has 13 heavy (non-hydrogen) atoms. The first-order chi connectivity index (χ1) is 6.34. The van der Waals surface area contributed by atoms with Gasteiger partial charge in [-0.1, -0.05) is 25.7 Å². The van der Waals surface area contributed by atoms with E-state index in [9.17, 15) is 4.79 Å². The van der Waals surface area contributed by atoms with Crippen molar-refractivity contribution in [2.75, 3.05) is 0 Å². The number of nitrogens with two attached hydrogens (primary N) is 1. The Labute approximate surface area is 79.0 Å². The standard InChI is InChI=1S/C10H18N2O/c11-12-10(13)9-7-5-3-1-2-4-6-8(7)9/h7-9H,1-6,11H2,(H,12,13). The van der Waals surface area contributed by atoms with Crippen LogP contribution in [0.25, 0.3) is 0 Å². The Bertz CT molecular complexity index is 191. The number of nitrogens with one attached hydrogen (secondary N) is 1. The van der Waals surface area contributed by atoms with Crippen molar-refractivity contribution in [2.45, 2.75) is 38.5 Å². The minimum Gasteiger partial charge on any atom is -0.294 e. The molecule has 0 bridgehead atoms. The van der Waals surface area contributed by atoms with Gasteiger partial charge in [0.25, 0.3) is 0 Å². The summed E-state index contributed by atoms with van der Waals surface area (Å²) in [6.07, 6.45) is 7.77. The van der Waals surface area contributed by atoms with Crippen LogP contribution in [0, 0.1) is 17.8 Å². The first-order valence-corrected chi connectivity index (χ1v) is 5.35. The minimum atomic E-state index is 0.0666. The van der Waals surface area contributed by atoms with E-state index >= 15 is 0 Å². The van der Waals surface area contributed by atoms with Crippen LogP contribution in [0.15, 0.2) is 0 Å². The summed E-state index contributed by atoms with van der Waals surface area (Å²) in [5, 5.41) is 0. The minimum absolute atomic E-state index is 0.0666. The molecule has 1 amide bonds. The number of hydrazine groups is 1. The SMILES string of the molecule is NNC(=O)C1C2CCCCCCC21. The fraction of sp³-hybridized carbons (Fsp3) is 0.900. The van der Waals surface area contributed by atoms with E-state index in [4.69, 9.17) is 5.84 Å². The molecule has 0 aromatic carbocycles. The van der Waals surface area contributed by atoms with Crippen LogP contribution in [-0.4, -0.2) is 5.91 Å². The van der Waals surface area contributed by atoms with E-state index in [2.05, 4.69) is 5.43 Å². The predicted octanol–water partition coefficient (Wildman–Crippen LogP) is 1.19. The third-order valence-electron chi connectivity index (χ3n) is 3.60. The van der Waals surface area contributed by atoms with Gasteiger partial charge in [-0.3, -0.25) is 10.2 Å². The molecular weight excluding hydrogens is 164 g/mol. The predicted molar refractivity (Wildman–Crippen MR) is 50.5 cm³/mol. The first kappa shape index (κ1) is 9.00. The van der Waals surface area contributed by atoms with Gasteiger partial charge in [0.05, 0.1) is 0 Å². The van der Waals surface area contributed by atoms with Crippen molar-refractivity contribution in [3.05, 3.63) is 0 Å². The second-order valence-corrected chi connectivity index (χ2v) is 4.35. The highest BCUT2D eigenvalue weighted by Crippen LogP contribution is 2.53. The number of hydrogen-bond acceptors (Lipinski definition) is 2. The van der Waals surface area contributed by atoms with Gasteiger partial charge in [0, 0.05) is 5.92 Å². The molecule has 0 aromatic rings. The van der Waals surface area contributed by atoms with Crippen LogP contribution in [0.4, 0.5) is 0 Å². The number of hydrogen-bond donors (Lipinski definition) is 2. The van der Waals surface area contributed by atoms with Gasteiger partial charge in [-0.05, 0) is 24.7 Å². The summed E-state index contributed by atoms with van der Waals surface area (Å²) in [5.74, 6) is 6.78. The van der Waals surface area contributed by atoms with Gasteiger partial charge in [0.15, 0.2) is 0 Å². The van der Waals surface area contributed by atoms with Gasteiger partial charge in [0.1, 0.15) is 0 Å². The van der Waals surface area contributed by atoms with Crippen molar-refractivity contribution in [1.82, 2.24) is 5.43 Å². The Balaban J connectivity index is 1.91. The average Bonchev–Trinajstić information content (AvgIpc) is 2.75. The quantitative estimate of drug-likeness (QED) is 0.363. The van der Waals surface area contributed by atoms with Gasteiger partial charge in [-0.2, -0.15) is 0 Å². The van der Waals surface area contributed by atoms with Gasteiger partial charge < -0.3 is 0 Å². The average molecular weight is 182 g/mol. The smallest absolute Gasteiger partial charge is 0.237 e. The number of rotatable bonds is 1. The Hall–Kier alpha value is -0.570. The summed E-state index contributed by atoms with van der Waals surface area (Å²) in [6.45, 7) is 0. The summed E-state index contributed by atoms with van der Waals surface area (Å²) in [7, 11) is 0. The third kappa shape index (κ3) is 1.70. The highest BCUT2D eigenvalue weighted by atomic mass is 16.2. The monoisotopic (exact) mass is 182 g/mol. The van der Waals surface area contributed by atoms with E-state index in [1.807, 2.05) is 0 Å². The van der Waals surface area contributed by atoms with Gasteiger partial charge in [0.2, 0.25) is 5.91 Å². The molecule has 0 radical (unpaired) electrons. The van der Waals surface area contributed by atoms with Crippen molar-refractivity contribution >= 4 is 5.91 Å². The molecule has 2 saturated carbocycles. The molecule has 3 N–H and O–H groups in total. The molecule has 3 nitrogen and oxygen atoms in total. The highest BCUT2D eigenvalue weighted by molar-refractivity contribution is 5.81. The molecular formula is C10H18N2O. The van der Waals surface area contributed by atoms with E-state index in [0.29, 0.717) is 11.8 Å². The zero-order chi connectivity index (χ0) is 9.26. The van der Waals surface area contributed by atoms with Crippen molar-refractivity contribution < 1.29 is 4.79 Å². The Kier molecular flexibility index (Phi) is 2.54. The summed E-state index contributed by atoms with van der Waals surface area (Å²) in [4.78, 5) is 11.3. The molecule has 0 saturated heterocycles. The molecule has 2 rings (SSSR count). The molecule has 2 unspecified atom stereocenters. The van der Waals surface area contributed by atoms with E-state index in [-0.39, 0.29) is 11.8 Å². The lowest BCUT2D eigenvalue weighted by Crippen LogP contribution is -2.32. The van der Waals surface area contributed by atoms with Gasteiger partial charge in [-0.15, -0.1) is 0 Å². The fourth-order valence-corrected chi connectivity index (χ4v) is 2.83. The molecule has 0 spiro atoms. The largest absolute Gasteiger partial charge is 0.294 e. The zero-order valence-electron chi connectivity index (χ0n) is 7.96. The van der Waals surface area contributed by atoms with Gasteiger partial charge >= 0.3 is 0 Å². The molecule has 2 aliphatic carbocycles. The number of amides is 1. The highest BCUT2D eigenvalue weighted by Gasteiger charge is 2.53. The zero-order valence-corrected chi connectivity index (χ0v) is 7.96. The third-order valence-corrected chi connectivity index (χ3v) is 3.60. The normalized spacial score (nSPS) is 38.4. The second-order valence-electron chi connectivity index (χ2n) is 4.35. The van der Waals surface area contributed by atoms with Crippen LogP contribution < -0.4 is 11.3 Å². The summed E-state index contributed by atoms with van der Waals surface area (Å²) < 4.78 is 0. The van der Waals surface area contributed by atoms with Crippen molar-refractivity contribution in [1.29, 1.82) is 0 Å². The topological polar surface area (TPSA) is 55.1 Å². The number of carbonyl (C=O) groups excluding carboxylic acids is 1. The maximum absolute atomic E-state index is 11.3. The van der Waals surface area contributed by atoms with Crippen LogP contribution in [0.5, 0.6) is 0 Å². The lowest BCUT2D eigenvalue weighted by atomic mass is 10.0. The number of carbonyl (C=O) groups is 1. The summed E-state index contributed by atoms with van der Waals surface area (Å²) in [5.41, 5.74) is 2.29. The summed E-state index contributed by atoms with van der Waals surface area (Å²) in [6, 6.07) is 0. The van der Waals surface area contributed by atoms with Crippen LogP contribution >= 0.6 is 0 Å². The first-order valence-electron chi connectivity index (χ1n) is 5.35. The van der Waals surface area contributed by atoms with Crippen molar-refractivity contribution in [2.24, 2.45) is 23.6 Å². The van der Waals surface area contributed by atoms with Gasteiger partial charge in [-0.25, -0.2) is 5.84 Å². The molecule has 0 aliphatic heterocycles. The number of fused-ring (bicyclic) bond motifs is 1. The van der Waals surface area contributed by atoms with E-state index in [1.54, 1.807) is 0 Å². The van der Waals surface area contributed by atoms with Crippen LogP contribution in [-0.2, 0) is 4.79 Å². The van der Waals surface area contributed by atoms with Crippen LogP contribution in [0.2, 0.25) is 0 Å². The van der Waals surface area contributed by atoms with Crippen molar-refractivity contribution in [3.8, 4) is 0 Å². The molecule has 0 aromatic heterocycles. The van der Waals surface area contributed by atoms with Crippen molar-refractivity contribution in [3.63, 3.8) is 0 Å². The van der Waals surface area contributed by atoms with Crippen LogP contribution in [0.3, 0.4) is 0 Å². The van der Waals surface area contributed by atoms with E-state index in [0.717, 1.165) is 0 Å².